The molecule has 0 spiro atoms. The average molecular weight is 511 g/mol. The minimum Gasteiger partial charge on any atom is -0.337 e. The summed E-state index contributed by atoms with van der Waals surface area (Å²) in [5.74, 6) is -0.305. The van der Waals surface area contributed by atoms with Gasteiger partial charge in [0, 0.05) is 31.6 Å². The van der Waals surface area contributed by atoms with E-state index in [1.54, 1.807) is 17.0 Å². The quantitative estimate of drug-likeness (QED) is 0.530. The molecule has 1 saturated heterocycles. The van der Waals surface area contributed by atoms with Crippen LogP contribution in [0.15, 0.2) is 72.8 Å². The van der Waals surface area contributed by atoms with Crippen LogP contribution in [0.5, 0.6) is 0 Å². The predicted molar refractivity (Wildman–Crippen MR) is 149 cm³/mol. The maximum absolute atomic E-state index is 13.9. The Bertz CT molecular complexity index is 1300. The highest BCUT2D eigenvalue weighted by molar-refractivity contribution is 6.06. The number of nitrogens with zero attached hydrogens (tertiary/aromatic N) is 2. The summed E-state index contributed by atoms with van der Waals surface area (Å²) in [5, 5.41) is 6.31. The summed E-state index contributed by atoms with van der Waals surface area (Å²) in [5.41, 5.74) is 4.73. The van der Waals surface area contributed by atoms with Crippen molar-refractivity contribution in [2.24, 2.45) is 0 Å². The van der Waals surface area contributed by atoms with Gasteiger partial charge in [-0.2, -0.15) is 0 Å². The first-order valence-electron chi connectivity index (χ1n) is 13.4. The molecule has 0 saturated carbocycles. The van der Waals surface area contributed by atoms with Gasteiger partial charge in [-0.3, -0.25) is 14.4 Å². The molecule has 2 aliphatic heterocycles. The van der Waals surface area contributed by atoms with Crippen molar-refractivity contribution in [2.75, 3.05) is 36.4 Å². The molecular formula is C31H34N4O3. The number of carbonyl (C=O) groups excluding carboxylic acids is 3. The van der Waals surface area contributed by atoms with Crippen LogP contribution in [0.3, 0.4) is 0 Å². The van der Waals surface area contributed by atoms with Crippen LogP contribution in [0.25, 0.3) is 0 Å². The minimum absolute atomic E-state index is 0.0603. The van der Waals surface area contributed by atoms with E-state index in [2.05, 4.69) is 10.6 Å². The fraction of sp³-hybridized carbons (Fsp3) is 0.323. The first kappa shape index (κ1) is 25.7. The Morgan fingerprint density at radius 2 is 1.74 bits per heavy atom. The van der Waals surface area contributed by atoms with Crippen molar-refractivity contribution < 1.29 is 14.4 Å². The molecule has 2 aliphatic rings. The van der Waals surface area contributed by atoms with Crippen molar-refractivity contribution in [1.29, 1.82) is 0 Å². The van der Waals surface area contributed by atoms with E-state index in [1.165, 1.54) is 0 Å². The monoisotopic (exact) mass is 510 g/mol. The Kier molecular flexibility index (Phi) is 7.84. The fourth-order valence-electron chi connectivity index (χ4n) is 5.23. The van der Waals surface area contributed by atoms with E-state index in [4.69, 9.17) is 0 Å². The summed E-state index contributed by atoms with van der Waals surface area (Å²) in [6, 6.07) is 22.8. The molecule has 0 aromatic heterocycles. The van der Waals surface area contributed by atoms with Crippen LogP contribution < -0.4 is 15.5 Å². The molecule has 7 nitrogen and oxygen atoms in total. The Balaban J connectivity index is 1.50. The largest absolute Gasteiger partial charge is 0.337 e. The second-order valence-electron chi connectivity index (χ2n) is 10.1. The van der Waals surface area contributed by atoms with Gasteiger partial charge in [-0.25, -0.2) is 0 Å². The minimum atomic E-state index is -0.446. The average Bonchev–Trinajstić information content (AvgIpc) is 3.29. The SMILES string of the molecule is Cc1ccc(C2CC(=O)Nc3cc(C(=O)N4CCCNCC4)ccc3N2C(=O)CCc2ccccc2)cc1. The highest BCUT2D eigenvalue weighted by atomic mass is 16.2. The Hall–Kier alpha value is -3.97. The van der Waals surface area contributed by atoms with Gasteiger partial charge in [0.25, 0.3) is 5.91 Å². The summed E-state index contributed by atoms with van der Waals surface area (Å²) < 4.78 is 0. The van der Waals surface area contributed by atoms with Gasteiger partial charge < -0.3 is 20.4 Å². The lowest BCUT2D eigenvalue weighted by Crippen LogP contribution is -2.36. The van der Waals surface area contributed by atoms with Crippen LogP contribution in [0.4, 0.5) is 11.4 Å². The molecule has 7 heteroatoms. The second-order valence-corrected chi connectivity index (χ2v) is 10.1. The number of carbonyl (C=O) groups is 3. The molecule has 5 rings (SSSR count). The Labute approximate surface area is 223 Å². The maximum Gasteiger partial charge on any atom is 0.253 e. The first-order chi connectivity index (χ1) is 18.5. The Morgan fingerprint density at radius 1 is 0.947 bits per heavy atom. The number of amides is 3. The van der Waals surface area contributed by atoms with Crippen LogP contribution in [0.1, 0.15) is 52.4 Å². The second kappa shape index (κ2) is 11.6. The highest BCUT2D eigenvalue weighted by Crippen LogP contribution is 2.39. The van der Waals surface area contributed by atoms with Crippen molar-refractivity contribution >= 4 is 29.1 Å². The first-order valence-corrected chi connectivity index (χ1v) is 13.4. The zero-order valence-electron chi connectivity index (χ0n) is 21.8. The van der Waals surface area contributed by atoms with Gasteiger partial charge in [0.2, 0.25) is 11.8 Å². The van der Waals surface area contributed by atoms with Crippen LogP contribution in [0, 0.1) is 6.92 Å². The molecule has 38 heavy (non-hydrogen) atoms. The van der Waals surface area contributed by atoms with Crippen LogP contribution in [0.2, 0.25) is 0 Å². The zero-order chi connectivity index (χ0) is 26.5. The Morgan fingerprint density at radius 3 is 2.53 bits per heavy atom. The summed E-state index contributed by atoms with van der Waals surface area (Å²) in [7, 11) is 0. The van der Waals surface area contributed by atoms with Crippen molar-refractivity contribution in [2.45, 2.75) is 38.6 Å². The van der Waals surface area contributed by atoms with Crippen LogP contribution in [-0.4, -0.2) is 48.8 Å². The maximum atomic E-state index is 13.9. The number of hydrogen-bond acceptors (Lipinski definition) is 4. The third-order valence-electron chi connectivity index (χ3n) is 7.30. The molecule has 3 aromatic rings. The van der Waals surface area contributed by atoms with E-state index >= 15 is 0 Å². The molecule has 0 aliphatic carbocycles. The number of aryl methyl sites for hydroxylation is 2. The summed E-state index contributed by atoms with van der Waals surface area (Å²) in [6.45, 7) is 5.00. The van der Waals surface area contributed by atoms with Gasteiger partial charge in [0.15, 0.2) is 0 Å². The lowest BCUT2D eigenvalue weighted by atomic mass is 9.99. The molecule has 2 heterocycles. The number of hydrogen-bond donors (Lipinski definition) is 2. The van der Waals surface area contributed by atoms with Gasteiger partial charge >= 0.3 is 0 Å². The molecule has 1 fully saturated rings. The molecule has 3 amide bonds. The topological polar surface area (TPSA) is 81.8 Å². The lowest BCUT2D eigenvalue weighted by molar-refractivity contribution is -0.119. The number of rotatable bonds is 5. The van der Waals surface area contributed by atoms with Gasteiger partial charge in [-0.05, 0) is 55.6 Å². The molecule has 1 atom stereocenters. The van der Waals surface area contributed by atoms with Gasteiger partial charge in [0.05, 0.1) is 23.8 Å². The zero-order valence-corrected chi connectivity index (χ0v) is 21.8. The highest BCUT2D eigenvalue weighted by Gasteiger charge is 2.34. The van der Waals surface area contributed by atoms with Crippen molar-refractivity contribution in [3.8, 4) is 0 Å². The normalized spacial score (nSPS) is 17.7. The van der Waals surface area contributed by atoms with Crippen LogP contribution in [-0.2, 0) is 16.0 Å². The smallest absolute Gasteiger partial charge is 0.253 e. The number of fused-ring (bicyclic) bond motifs is 1. The van der Waals surface area contributed by atoms with E-state index in [0.717, 1.165) is 36.2 Å². The van der Waals surface area contributed by atoms with E-state index in [0.29, 0.717) is 42.9 Å². The third kappa shape index (κ3) is 5.78. The predicted octanol–water partition coefficient (Wildman–Crippen LogP) is 4.48. The molecule has 3 aromatic carbocycles. The molecule has 0 radical (unpaired) electrons. The third-order valence-corrected chi connectivity index (χ3v) is 7.30. The molecule has 0 bridgehead atoms. The molecule has 196 valence electrons. The molecule has 2 N–H and O–H groups in total. The van der Waals surface area contributed by atoms with E-state index in [1.807, 2.05) is 72.5 Å². The summed E-state index contributed by atoms with van der Waals surface area (Å²) in [6.07, 6.45) is 1.94. The van der Waals surface area contributed by atoms with E-state index in [9.17, 15) is 14.4 Å². The van der Waals surface area contributed by atoms with Gasteiger partial charge in [0.1, 0.15) is 0 Å². The molecule has 1 unspecified atom stereocenters. The number of nitrogens with one attached hydrogen (secondary N) is 2. The van der Waals surface area contributed by atoms with E-state index in [-0.39, 0.29) is 24.1 Å². The van der Waals surface area contributed by atoms with Crippen molar-refractivity contribution in [3.63, 3.8) is 0 Å². The number of benzene rings is 3. The van der Waals surface area contributed by atoms with Crippen molar-refractivity contribution in [3.05, 3.63) is 95.1 Å². The summed E-state index contributed by atoms with van der Waals surface area (Å²) >= 11 is 0. The van der Waals surface area contributed by atoms with Gasteiger partial charge in [-0.15, -0.1) is 0 Å². The number of anilines is 2. The van der Waals surface area contributed by atoms with Crippen molar-refractivity contribution in [1.82, 2.24) is 10.2 Å². The molecular weight excluding hydrogens is 476 g/mol. The summed E-state index contributed by atoms with van der Waals surface area (Å²) in [4.78, 5) is 43.9. The lowest BCUT2D eigenvalue weighted by Gasteiger charge is -2.31. The van der Waals surface area contributed by atoms with E-state index < -0.39 is 6.04 Å². The fourth-order valence-corrected chi connectivity index (χ4v) is 5.23. The van der Waals surface area contributed by atoms with Crippen LogP contribution >= 0.6 is 0 Å². The standard InChI is InChI=1S/C31H34N4O3/c1-22-8-11-24(12-9-22)28-21-29(36)33-26-20-25(31(38)34-18-5-16-32-17-19-34)13-14-27(26)35(28)30(37)15-10-23-6-3-2-4-7-23/h2-4,6-9,11-14,20,28,32H,5,10,15-19,21H2,1H3,(H,33,36). The van der Waals surface area contributed by atoms with Gasteiger partial charge in [-0.1, -0.05) is 60.2 Å².